The summed E-state index contributed by atoms with van der Waals surface area (Å²) in [6, 6.07) is 12.1. The number of methoxy groups -OCH3 is 1. The number of rotatable bonds is 9. The summed E-state index contributed by atoms with van der Waals surface area (Å²) in [5.41, 5.74) is 0.477. The molecule has 2 aromatic rings. The highest BCUT2D eigenvalue weighted by Gasteiger charge is 2.22. The number of hydrogen-bond acceptors (Lipinski definition) is 6. The van der Waals surface area contributed by atoms with Crippen molar-refractivity contribution in [3.8, 4) is 5.75 Å². The van der Waals surface area contributed by atoms with Crippen LogP contribution in [0.3, 0.4) is 0 Å². The van der Waals surface area contributed by atoms with Gasteiger partial charge in [0.25, 0.3) is 0 Å². The Labute approximate surface area is 164 Å². The van der Waals surface area contributed by atoms with Crippen LogP contribution < -0.4 is 4.74 Å². The molecule has 0 aliphatic rings. The van der Waals surface area contributed by atoms with Gasteiger partial charge in [-0.15, -0.1) is 0 Å². The van der Waals surface area contributed by atoms with Crippen LogP contribution in [0.15, 0.2) is 53.4 Å². The molecule has 2 aromatic carbocycles. The monoisotopic (exact) mass is 405 g/mol. The lowest BCUT2D eigenvalue weighted by Crippen LogP contribution is -2.30. The third-order valence-corrected chi connectivity index (χ3v) is 6.24. The zero-order chi connectivity index (χ0) is 20.7. The molecule has 0 amide bonds. The van der Waals surface area contributed by atoms with Crippen LogP contribution in [0, 0.1) is 0 Å². The number of para-hydroxylation sites is 1. The molecule has 0 aromatic heterocycles. The van der Waals surface area contributed by atoms with E-state index in [-0.39, 0.29) is 10.5 Å². The fraction of sp³-hybridized carbons (Fsp3) is 0.300. The molecule has 0 aliphatic heterocycles. The summed E-state index contributed by atoms with van der Waals surface area (Å²) in [5, 5.41) is 0. The van der Waals surface area contributed by atoms with E-state index in [1.165, 1.54) is 35.7 Å². The molecule has 0 bridgehead atoms. The van der Waals surface area contributed by atoms with Crippen LogP contribution in [0.2, 0.25) is 0 Å². The average molecular weight is 405 g/mol. The number of ether oxygens (including phenoxy) is 2. The first-order valence-corrected chi connectivity index (χ1v) is 10.2. The molecular weight excluding hydrogens is 382 g/mol. The summed E-state index contributed by atoms with van der Waals surface area (Å²) >= 11 is 0. The minimum absolute atomic E-state index is 0.0952. The zero-order valence-electron chi connectivity index (χ0n) is 16.0. The van der Waals surface area contributed by atoms with E-state index in [0.29, 0.717) is 24.4 Å². The Bertz CT molecular complexity index is 933. The topological polar surface area (TPSA) is 90.0 Å². The van der Waals surface area contributed by atoms with Crippen LogP contribution in [0.4, 0.5) is 0 Å². The second kappa shape index (κ2) is 9.48. The predicted molar refractivity (Wildman–Crippen MR) is 104 cm³/mol. The summed E-state index contributed by atoms with van der Waals surface area (Å²) in [5.74, 6) is -0.712. The third kappa shape index (κ3) is 4.76. The highest BCUT2D eigenvalue weighted by molar-refractivity contribution is 7.89. The number of Topliss-reactive ketones (excluding diaryl/α,β-unsaturated/α-hetero) is 1. The van der Waals surface area contributed by atoms with Gasteiger partial charge in [0.15, 0.2) is 6.61 Å². The summed E-state index contributed by atoms with van der Waals surface area (Å²) in [7, 11) is -2.15. The van der Waals surface area contributed by atoms with E-state index in [0.717, 1.165) is 0 Å². The number of carbonyl (C=O) groups is 2. The number of hydrogen-bond donors (Lipinski definition) is 0. The van der Waals surface area contributed by atoms with Crippen molar-refractivity contribution in [3.63, 3.8) is 0 Å². The molecule has 0 spiro atoms. The van der Waals surface area contributed by atoms with Crippen LogP contribution in [-0.4, -0.2) is 51.3 Å². The standard InChI is InChI=1S/C20H23NO6S/c1-4-21(5-2)28(24,25)16-12-10-15(11-13-16)20(23)27-14-18(22)17-8-6-7-9-19(17)26-3/h6-13H,4-5,14H2,1-3H3. The van der Waals surface area contributed by atoms with Crippen LogP contribution >= 0.6 is 0 Å². The Morgan fingerprint density at radius 1 is 0.964 bits per heavy atom. The molecule has 8 heteroatoms. The summed E-state index contributed by atoms with van der Waals surface area (Å²) < 4.78 is 36.4. The molecular formula is C20H23NO6S. The van der Waals surface area contributed by atoms with Gasteiger partial charge in [-0.3, -0.25) is 4.79 Å². The van der Waals surface area contributed by atoms with Gasteiger partial charge in [-0.05, 0) is 36.4 Å². The Morgan fingerprint density at radius 3 is 2.14 bits per heavy atom. The number of ketones is 1. The van der Waals surface area contributed by atoms with E-state index in [1.807, 2.05) is 0 Å². The van der Waals surface area contributed by atoms with Gasteiger partial charge < -0.3 is 9.47 Å². The summed E-state index contributed by atoms with van der Waals surface area (Å²) in [4.78, 5) is 24.5. The molecule has 0 N–H and O–H groups in total. The lowest BCUT2D eigenvalue weighted by atomic mass is 10.1. The molecule has 0 fully saturated rings. The number of carbonyl (C=O) groups excluding carboxylic acids is 2. The van der Waals surface area contributed by atoms with Gasteiger partial charge in [0.1, 0.15) is 5.75 Å². The van der Waals surface area contributed by atoms with Crippen LogP contribution in [0.1, 0.15) is 34.6 Å². The maximum atomic E-state index is 12.5. The Kier molecular flexibility index (Phi) is 7.31. The molecule has 28 heavy (non-hydrogen) atoms. The maximum Gasteiger partial charge on any atom is 0.338 e. The first-order chi connectivity index (χ1) is 13.3. The van der Waals surface area contributed by atoms with E-state index >= 15 is 0 Å². The van der Waals surface area contributed by atoms with Gasteiger partial charge in [0.05, 0.1) is 23.1 Å². The zero-order valence-corrected chi connectivity index (χ0v) is 16.9. The lowest BCUT2D eigenvalue weighted by molar-refractivity contribution is 0.0474. The van der Waals surface area contributed by atoms with Gasteiger partial charge in [0.2, 0.25) is 15.8 Å². The van der Waals surface area contributed by atoms with Crippen LogP contribution in [-0.2, 0) is 14.8 Å². The van der Waals surface area contributed by atoms with Crippen molar-refractivity contribution >= 4 is 21.8 Å². The van der Waals surface area contributed by atoms with E-state index in [1.54, 1.807) is 38.1 Å². The first-order valence-electron chi connectivity index (χ1n) is 8.78. The van der Waals surface area contributed by atoms with Crippen molar-refractivity contribution < 1.29 is 27.5 Å². The fourth-order valence-corrected chi connectivity index (χ4v) is 4.10. The fourth-order valence-electron chi connectivity index (χ4n) is 2.64. The van der Waals surface area contributed by atoms with Gasteiger partial charge in [-0.2, -0.15) is 4.31 Å². The third-order valence-electron chi connectivity index (χ3n) is 4.17. The quantitative estimate of drug-likeness (QED) is 0.471. The van der Waals surface area contributed by atoms with Crippen molar-refractivity contribution in [2.24, 2.45) is 0 Å². The molecule has 0 radical (unpaired) electrons. The van der Waals surface area contributed by atoms with Crippen molar-refractivity contribution in [2.45, 2.75) is 18.7 Å². The minimum Gasteiger partial charge on any atom is -0.496 e. The molecule has 0 saturated heterocycles. The van der Waals surface area contributed by atoms with Crippen molar-refractivity contribution in [3.05, 3.63) is 59.7 Å². The summed E-state index contributed by atoms with van der Waals surface area (Å²) in [6.45, 7) is 3.77. The van der Waals surface area contributed by atoms with Crippen molar-refractivity contribution in [2.75, 3.05) is 26.8 Å². The molecule has 150 valence electrons. The van der Waals surface area contributed by atoms with Crippen molar-refractivity contribution in [1.82, 2.24) is 4.31 Å². The average Bonchev–Trinajstić information content (AvgIpc) is 2.72. The second-order valence-corrected chi connectivity index (χ2v) is 7.75. The van der Waals surface area contributed by atoms with E-state index in [2.05, 4.69) is 0 Å². The van der Waals surface area contributed by atoms with Gasteiger partial charge in [-0.25, -0.2) is 13.2 Å². The molecule has 0 atom stereocenters. The molecule has 7 nitrogen and oxygen atoms in total. The predicted octanol–water partition coefficient (Wildman–Crippen LogP) is 2.77. The normalized spacial score (nSPS) is 11.3. The Morgan fingerprint density at radius 2 is 1.57 bits per heavy atom. The number of benzene rings is 2. The largest absolute Gasteiger partial charge is 0.496 e. The highest BCUT2D eigenvalue weighted by Crippen LogP contribution is 2.19. The molecule has 0 saturated carbocycles. The van der Waals surface area contributed by atoms with Gasteiger partial charge in [-0.1, -0.05) is 26.0 Å². The molecule has 0 heterocycles. The number of nitrogens with zero attached hydrogens (tertiary/aromatic N) is 1. The lowest BCUT2D eigenvalue weighted by Gasteiger charge is -2.18. The van der Waals surface area contributed by atoms with E-state index in [4.69, 9.17) is 9.47 Å². The van der Waals surface area contributed by atoms with Crippen LogP contribution in [0.5, 0.6) is 5.75 Å². The Hall–Kier alpha value is -2.71. The van der Waals surface area contributed by atoms with Gasteiger partial charge >= 0.3 is 5.97 Å². The number of esters is 1. The Balaban J connectivity index is 2.06. The van der Waals surface area contributed by atoms with Crippen molar-refractivity contribution in [1.29, 1.82) is 0 Å². The minimum atomic E-state index is -3.60. The van der Waals surface area contributed by atoms with E-state index < -0.39 is 28.4 Å². The van der Waals surface area contributed by atoms with Crippen LogP contribution in [0.25, 0.3) is 0 Å². The number of sulfonamides is 1. The SMILES string of the molecule is CCN(CC)S(=O)(=O)c1ccc(C(=O)OCC(=O)c2ccccc2OC)cc1. The van der Waals surface area contributed by atoms with Gasteiger partial charge in [0, 0.05) is 13.1 Å². The maximum absolute atomic E-state index is 12.5. The highest BCUT2D eigenvalue weighted by atomic mass is 32.2. The molecule has 0 aliphatic carbocycles. The molecule has 2 rings (SSSR count). The summed E-state index contributed by atoms with van der Waals surface area (Å²) in [6.07, 6.45) is 0. The smallest absolute Gasteiger partial charge is 0.338 e. The molecule has 0 unspecified atom stereocenters. The van der Waals surface area contributed by atoms with E-state index in [9.17, 15) is 18.0 Å². The first kappa shape index (κ1) is 21.6. The second-order valence-electron chi connectivity index (χ2n) is 5.81.